The van der Waals surface area contributed by atoms with Gasteiger partial charge in [0.05, 0.1) is 11.3 Å². The van der Waals surface area contributed by atoms with Crippen LogP contribution in [0.1, 0.15) is 32.3 Å². The molecule has 0 heterocycles. The van der Waals surface area contributed by atoms with Gasteiger partial charge in [-0.05, 0) is 18.8 Å². The number of hydrogen-bond donors (Lipinski definition) is 0. The second-order valence-corrected chi connectivity index (χ2v) is 5.73. The Balaban J connectivity index is 2.12. The first-order valence-electron chi connectivity index (χ1n) is 7.00. The molecule has 5 nitrogen and oxygen atoms in total. The standard InChI is InChI=1S/C15H20N2O3/c1-11(2)10-16(13-7-8-13)15(18)9-12-5-3-4-6-14(12)17(19)20/h3-6,11,13H,7-10H2,1-2H3. The van der Waals surface area contributed by atoms with Crippen LogP contribution in [-0.4, -0.2) is 28.3 Å². The van der Waals surface area contributed by atoms with Crippen molar-refractivity contribution in [2.75, 3.05) is 6.54 Å². The van der Waals surface area contributed by atoms with E-state index in [1.54, 1.807) is 18.2 Å². The quantitative estimate of drug-likeness (QED) is 0.593. The Bertz CT molecular complexity index is 510. The number of hydrogen-bond acceptors (Lipinski definition) is 3. The fourth-order valence-corrected chi connectivity index (χ4v) is 2.34. The average Bonchev–Trinajstić information content (AvgIpc) is 3.20. The van der Waals surface area contributed by atoms with Crippen LogP contribution in [0.15, 0.2) is 24.3 Å². The van der Waals surface area contributed by atoms with Gasteiger partial charge in [0, 0.05) is 24.2 Å². The highest BCUT2D eigenvalue weighted by atomic mass is 16.6. The number of nitrogens with zero attached hydrogens (tertiary/aromatic N) is 2. The van der Waals surface area contributed by atoms with Crippen molar-refractivity contribution in [3.63, 3.8) is 0 Å². The van der Waals surface area contributed by atoms with Crippen LogP contribution in [0.2, 0.25) is 0 Å². The van der Waals surface area contributed by atoms with Crippen molar-refractivity contribution in [1.29, 1.82) is 0 Å². The molecule has 1 fully saturated rings. The van der Waals surface area contributed by atoms with Crippen LogP contribution in [0.5, 0.6) is 0 Å². The van der Waals surface area contributed by atoms with Gasteiger partial charge in [0.15, 0.2) is 0 Å². The summed E-state index contributed by atoms with van der Waals surface area (Å²) in [5, 5.41) is 11.0. The molecule has 1 aromatic carbocycles. The molecule has 1 aliphatic rings. The van der Waals surface area contributed by atoms with Crippen molar-refractivity contribution >= 4 is 11.6 Å². The Morgan fingerprint density at radius 1 is 1.40 bits per heavy atom. The molecule has 20 heavy (non-hydrogen) atoms. The molecule has 1 aliphatic carbocycles. The van der Waals surface area contributed by atoms with Gasteiger partial charge >= 0.3 is 0 Å². The normalized spacial score (nSPS) is 14.3. The van der Waals surface area contributed by atoms with E-state index in [0.29, 0.717) is 17.5 Å². The van der Waals surface area contributed by atoms with E-state index < -0.39 is 4.92 Å². The second-order valence-electron chi connectivity index (χ2n) is 5.73. The smallest absolute Gasteiger partial charge is 0.273 e. The van der Waals surface area contributed by atoms with Gasteiger partial charge in [-0.1, -0.05) is 32.0 Å². The Labute approximate surface area is 118 Å². The van der Waals surface area contributed by atoms with Crippen molar-refractivity contribution in [2.24, 2.45) is 5.92 Å². The molecule has 0 aliphatic heterocycles. The summed E-state index contributed by atoms with van der Waals surface area (Å²) >= 11 is 0. The van der Waals surface area contributed by atoms with Gasteiger partial charge in [0.1, 0.15) is 0 Å². The SMILES string of the molecule is CC(C)CN(C(=O)Cc1ccccc1[N+](=O)[O-])C1CC1. The predicted octanol–water partition coefficient (Wildman–Crippen LogP) is 2.78. The number of rotatable bonds is 6. The molecule has 0 unspecified atom stereocenters. The maximum atomic E-state index is 12.4. The molecule has 0 atom stereocenters. The summed E-state index contributed by atoms with van der Waals surface area (Å²) in [6.07, 6.45) is 2.21. The zero-order valence-electron chi connectivity index (χ0n) is 11.9. The fourth-order valence-electron chi connectivity index (χ4n) is 2.34. The summed E-state index contributed by atoms with van der Waals surface area (Å²) in [5.41, 5.74) is 0.526. The topological polar surface area (TPSA) is 63.5 Å². The average molecular weight is 276 g/mol. The van der Waals surface area contributed by atoms with Crippen LogP contribution >= 0.6 is 0 Å². The molecule has 1 saturated carbocycles. The van der Waals surface area contributed by atoms with Gasteiger partial charge in [-0.2, -0.15) is 0 Å². The summed E-state index contributed by atoms with van der Waals surface area (Å²) < 4.78 is 0. The first-order valence-corrected chi connectivity index (χ1v) is 7.00. The van der Waals surface area contributed by atoms with Crippen LogP contribution < -0.4 is 0 Å². The Kier molecular flexibility index (Phi) is 4.37. The highest BCUT2D eigenvalue weighted by molar-refractivity contribution is 5.80. The summed E-state index contributed by atoms with van der Waals surface area (Å²) in [6, 6.07) is 6.81. The minimum absolute atomic E-state index is 0.00417. The molecule has 1 aromatic rings. The van der Waals surface area contributed by atoms with Crippen molar-refractivity contribution in [1.82, 2.24) is 4.90 Å². The Morgan fingerprint density at radius 3 is 2.60 bits per heavy atom. The van der Waals surface area contributed by atoms with Crippen molar-refractivity contribution in [2.45, 2.75) is 39.2 Å². The van der Waals surface area contributed by atoms with Gasteiger partial charge < -0.3 is 4.90 Å². The molecule has 0 saturated heterocycles. The van der Waals surface area contributed by atoms with E-state index in [9.17, 15) is 14.9 Å². The van der Waals surface area contributed by atoms with Crippen molar-refractivity contribution < 1.29 is 9.72 Å². The monoisotopic (exact) mass is 276 g/mol. The maximum absolute atomic E-state index is 12.4. The molecule has 2 rings (SSSR count). The van der Waals surface area contributed by atoms with Crippen LogP contribution in [-0.2, 0) is 11.2 Å². The van der Waals surface area contributed by atoms with E-state index in [2.05, 4.69) is 13.8 Å². The third kappa shape index (κ3) is 3.56. The van der Waals surface area contributed by atoms with Crippen LogP contribution in [0.4, 0.5) is 5.69 Å². The molecule has 0 bridgehead atoms. The summed E-state index contributed by atoms with van der Waals surface area (Å²) in [6.45, 7) is 4.88. The molecule has 5 heteroatoms. The van der Waals surface area contributed by atoms with Gasteiger partial charge in [0.2, 0.25) is 5.91 Å². The lowest BCUT2D eigenvalue weighted by Crippen LogP contribution is -2.37. The van der Waals surface area contributed by atoms with E-state index in [1.165, 1.54) is 6.07 Å². The molecule has 0 spiro atoms. The van der Waals surface area contributed by atoms with E-state index in [4.69, 9.17) is 0 Å². The number of para-hydroxylation sites is 1. The summed E-state index contributed by atoms with van der Waals surface area (Å²) in [4.78, 5) is 24.9. The first-order chi connectivity index (χ1) is 9.49. The van der Waals surface area contributed by atoms with E-state index in [1.807, 2.05) is 4.90 Å². The molecular weight excluding hydrogens is 256 g/mol. The predicted molar refractivity (Wildman–Crippen MR) is 76.4 cm³/mol. The van der Waals surface area contributed by atoms with Crippen LogP contribution in [0.3, 0.4) is 0 Å². The number of benzene rings is 1. The van der Waals surface area contributed by atoms with Crippen LogP contribution in [0.25, 0.3) is 0 Å². The molecule has 108 valence electrons. The highest BCUT2D eigenvalue weighted by Crippen LogP contribution is 2.29. The Hall–Kier alpha value is -1.91. The first kappa shape index (κ1) is 14.5. The molecular formula is C15H20N2O3. The third-order valence-corrected chi connectivity index (χ3v) is 3.40. The minimum Gasteiger partial charge on any atom is -0.339 e. The lowest BCUT2D eigenvalue weighted by Gasteiger charge is -2.24. The zero-order valence-corrected chi connectivity index (χ0v) is 11.9. The lowest BCUT2D eigenvalue weighted by atomic mass is 10.1. The maximum Gasteiger partial charge on any atom is 0.273 e. The largest absolute Gasteiger partial charge is 0.339 e. The van der Waals surface area contributed by atoms with Gasteiger partial charge in [-0.3, -0.25) is 14.9 Å². The summed E-state index contributed by atoms with van der Waals surface area (Å²) in [7, 11) is 0. The fraction of sp³-hybridized carbons (Fsp3) is 0.533. The van der Waals surface area contributed by atoms with E-state index >= 15 is 0 Å². The van der Waals surface area contributed by atoms with E-state index in [-0.39, 0.29) is 18.0 Å². The molecule has 0 aromatic heterocycles. The van der Waals surface area contributed by atoms with Crippen molar-refractivity contribution in [3.05, 3.63) is 39.9 Å². The minimum atomic E-state index is -0.424. The zero-order chi connectivity index (χ0) is 14.7. The molecule has 0 N–H and O–H groups in total. The van der Waals surface area contributed by atoms with Gasteiger partial charge in [-0.15, -0.1) is 0 Å². The number of carbonyl (C=O) groups is 1. The third-order valence-electron chi connectivity index (χ3n) is 3.40. The van der Waals surface area contributed by atoms with Gasteiger partial charge in [-0.25, -0.2) is 0 Å². The highest BCUT2D eigenvalue weighted by Gasteiger charge is 2.33. The number of nitro groups is 1. The van der Waals surface area contributed by atoms with E-state index in [0.717, 1.165) is 19.4 Å². The number of carbonyl (C=O) groups excluding carboxylic acids is 1. The molecule has 0 radical (unpaired) electrons. The molecule has 1 amide bonds. The van der Waals surface area contributed by atoms with Crippen LogP contribution in [0, 0.1) is 16.0 Å². The number of nitro benzene ring substituents is 1. The lowest BCUT2D eigenvalue weighted by molar-refractivity contribution is -0.385. The van der Waals surface area contributed by atoms with Crippen molar-refractivity contribution in [3.8, 4) is 0 Å². The Morgan fingerprint density at radius 2 is 2.05 bits per heavy atom. The van der Waals surface area contributed by atoms with Gasteiger partial charge in [0.25, 0.3) is 5.69 Å². The number of amides is 1. The summed E-state index contributed by atoms with van der Waals surface area (Å²) in [5.74, 6) is 0.404. The second kappa shape index (κ2) is 6.03.